The lowest BCUT2D eigenvalue weighted by Gasteiger charge is -2.11. The van der Waals surface area contributed by atoms with Gasteiger partial charge in [0.2, 0.25) is 5.89 Å². The van der Waals surface area contributed by atoms with Crippen LogP contribution in [-0.4, -0.2) is 9.55 Å². The Hall–Kier alpha value is -3.74. The summed E-state index contributed by atoms with van der Waals surface area (Å²) in [4.78, 5) is 7.00. The first-order valence-corrected chi connectivity index (χ1v) is 9.19. The zero-order chi connectivity index (χ0) is 23.3. The van der Waals surface area contributed by atoms with Crippen molar-refractivity contribution in [1.82, 2.24) is 9.55 Å². The highest BCUT2D eigenvalue weighted by atomic mass is 19.4. The van der Waals surface area contributed by atoms with Crippen LogP contribution in [-0.2, 0) is 18.9 Å². The van der Waals surface area contributed by atoms with E-state index < -0.39 is 29.2 Å². The number of aryl methyl sites for hydroxylation is 1. The van der Waals surface area contributed by atoms with Crippen LogP contribution in [0.3, 0.4) is 0 Å². The highest BCUT2D eigenvalue weighted by Crippen LogP contribution is 2.42. The molecule has 2 aromatic carbocycles. The fraction of sp³-hybridized carbons (Fsp3) is 0.182. The van der Waals surface area contributed by atoms with Crippen LogP contribution in [0.4, 0.5) is 32.0 Å². The summed E-state index contributed by atoms with van der Waals surface area (Å²) < 4.78 is 86.7. The monoisotopic (exact) mass is 449 g/mol. The number of nitrogens with zero attached hydrogens (tertiary/aromatic N) is 3. The molecule has 0 fully saturated rings. The molecule has 0 saturated heterocycles. The second-order valence-corrected chi connectivity index (χ2v) is 7.08. The zero-order valence-electron chi connectivity index (χ0n) is 16.3. The Kier molecular flexibility index (Phi) is 5.00. The molecule has 2 aromatic heterocycles. The van der Waals surface area contributed by atoms with Crippen LogP contribution in [0.25, 0.3) is 27.2 Å². The molecule has 0 unspecified atom stereocenters. The fourth-order valence-corrected chi connectivity index (χ4v) is 3.55. The minimum Gasteiger partial charge on any atom is -0.439 e. The van der Waals surface area contributed by atoms with Crippen LogP contribution in [0, 0.1) is 13.5 Å². The molecule has 4 aromatic rings. The summed E-state index contributed by atoms with van der Waals surface area (Å²) in [6, 6.07) is 8.38. The van der Waals surface area contributed by atoms with Crippen molar-refractivity contribution in [2.24, 2.45) is 0 Å². The molecule has 0 aliphatic rings. The predicted octanol–water partition coefficient (Wildman–Crippen LogP) is 7.24. The SMILES string of the molecule is [C-]#[N+]c1ccc2c(cc(C)n2Cc2cnc(-c3cccc(C(F)(F)F)c3)o2)c1C(F)(F)F. The van der Waals surface area contributed by atoms with E-state index in [0.717, 1.165) is 18.2 Å². The van der Waals surface area contributed by atoms with E-state index >= 15 is 0 Å². The van der Waals surface area contributed by atoms with Gasteiger partial charge in [0.1, 0.15) is 5.76 Å². The Morgan fingerprint density at radius 2 is 1.78 bits per heavy atom. The molecule has 0 aliphatic carbocycles. The second-order valence-electron chi connectivity index (χ2n) is 7.08. The van der Waals surface area contributed by atoms with E-state index in [1.807, 2.05) is 0 Å². The minimum absolute atomic E-state index is 0.00988. The lowest BCUT2D eigenvalue weighted by atomic mass is 10.1. The van der Waals surface area contributed by atoms with Gasteiger partial charge in [-0.05, 0) is 37.3 Å². The van der Waals surface area contributed by atoms with Crippen LogP contribution >= 0.6 is 0 Å². The standard InChI is InChI=1S/C22H13F6N3O/c1-12-8-16-18(7-6-17(29-2)19(16)22(26,27)28)31(12)11-15-10-30-20(32-15)13-4-3-5-14(9-13)21(23,24)25/h3-10H,11H2,1H3. The molecule has 0 saturated carbocycles. The largest absolute Gasteiger partial charge is 0.439 e. The maximum atomic E-state index is 13.6. The lowest BCUT2D eigenvalue weighted by molar-refractivity contribution is -0.137. The van der Waals surface area contributed by atoms with Gasteiger partial charge in [-0.1, -0.05) is 12.1 Å². The zero-order valence-corrected chi connectivity index (χ0v) is 16.3. The summed E-state index contributed by atoms with van der Waals surface area (Å²) in [5.41, 5.74) is -1.48. The molecule has 4 nitrogen and oxygen atoms in total. The molecule has 0 amide bonds. The fourth-order valence-electron chi connectivity index (χ4n) is 3.55. The van der Waals surface area contributed by atoms with Gasteiger partial charge < -0.3 is 8.98 Å². The van der Waals surface area contributed by atoms with Crippen LogP contribution in [0.5, 0.6) is 0 Å². The molecule has 4 rings (SSSR count). The summed E-state index contributed by atoms with van der Waals surface area (Å²) in [6.07, 6.45) is -7.91. The molecule has 0 bridgehead atoms. The summed E-state index contributed by atoms with van der Waals surface area (Å²) in [6.45, 7) is 8.67. The summed E-state index contributed by atoms with van der Waals surface area (Å²) in [5, 5.41) is -0.110. The summed E-state index contributed by atoms with van der Waals surface area (Å²) >= 11 is 0. The molecule has 2 heterocycles. The lowest BCUT2D eigenvalue weighted by Crippen LogP contribution is -2.06. The van der Waals surface area contributed by atoms with Gasteiger partial charge in [-0.25, -0.2) is 9.83 Å². The Morgan fingerprint density at radius 3 is 2.44 bits per heavy atom. The van der Waals surface area contributed by atoms with E-state index in [1.54, 1.807) is 11.5 Å². The molecule has 0 atom stereocenters. The van der Waals surface area contributed by atoms with Gasteiger partial charge in [-0.3, -0.25) is 0 Å². The number of alkyl halides is 6. The van der Waals surface area contributed by atoms with Crippen LogP contribution < -0.4 is 0 Å². The highest BCUT2D eigenvalue weighted by Gasteiger charge is 2.36. The van der Waals surface area contributed by atoms with Gasteiger partial charge in [0, 0.05) is 22.2 Å². The number of hydrogen-bond donors (Lipinski definition) is 0. The Balaban J connectivity index is 1.73. The van der Waals surface area contributed by atoms with Gasteiger partial charge in [0.15, 0.2) is 5.69 Å². The van der Waals surface area contributed by atoms with Crippen molar-refractivity contribution in [2.75, 3.05) is 0 Å². The number of hydrogen-bond acceptors (Lipinski definition) is 2. The molecule has 0 aliphatic heterocycles. The molecule has 10 heteroatoms. The molecule has 32 heavy (non-hydrogen) atoms. The summed E-state index contributed by atoms with van der Waals surface area (Å²) in [5.74, 6) is 0.215. The summed E-state index contributed by atoms with van der Waals surface area (Å²) in [7, 11) is 0. The maximum Gasteiger partial charge on any atom is 0.416 e. The van der Waals surface area contributed by atoms with E-state index in [4.69, 9.17) is 11.0 Å². The topological polar surface area (TPSA) is 35.3 Å². The van der Waals surface area contributed by atoms with Gasteiger partial charge in [-0.2, -0.15) is 26.3 Å². The smallest absolute Gasteiger partial charge is 0.416 e. The van der Waals surface area contributed by atoms with Gasteiger partial charge in [0.05, 0.1) is 30.4 Å². The van der Waals surface area contributed by atoms with Crippen molar-refractivity contribution in [3.05, 3.63) is 82.7 Å². The van der Waals surface area contributed by atoms with Crippen LogP contribution in [0.15, 0.2) is 53.1 Å². The van der Waals surface area contributed by atoms with Crippen molar-refractivity contribution in [2.45, 2.75) is 25.8 Å². The number of fused-ring (bicyclic) bond motifs is 1. The molecule has 164 valence electrons. The first-order valence-electron chi connectivity index (χ1n) is 9.19. The van der Waals surface area contributed by atoms with Crippen molar-refractivity contribution in [3.63, 3.8) is 0 Å². The Bertz CT molecular complexity index is 1350. The third-order valence-corrected chi connectivity index (χ3v) is 4.98. The van der Waals surface area contributed by atoms with E-state index in [1.165, 1.54) is 30.5 Å². The first kappa shape index (κ1) is 21.5. The molecular formula is C22H13F6N3O. The van der Waals surface area contributed by atoms with E-state index in [0.29, 0.717) is 5.69 Å². The van der Waals surface area contributed by atoms with Crippen LogP contribution in [0.2, 0.25) is 0 Å². The third kappa shape index (κ3) is 3.82. The van der Waals surface area contributed by atoms with Gasteiger partial charge >= 0.3 is 12.4 Å². The van der Waals surface area contributed by atoms with Crippen molar-refractivity contribution in [3.8, 4) is 11.5 Å². The second kappa shape index (κ2) is 7.44. The van der Waals surface area contributed by atoms with Crippen molar-refractivity contribution >= 4 is 16.6 Å². The van der Waals surface area contributed by atoms with Crippen molar-refractivity contribution < 1.29 is 30.8 Å². The normalized spacial score (nSPS) is 12.3. The third-order valence-electron chi connectivity index (χ3n) is 4.98. The van der Waals surface area contributed by atoms with Crippen LogP contribution in [0.1, 0.15) is 22.6 Å². The number of oxazole rings is 1. The van der Waals surface area contributed by atoms with Crippen molar-refractivity contribution in [1.29, 1.82) is 0 Å². The molecule has 0 spiro atoms. The van der Waals surface area contributed by atoms with E-state index in [9.17, 15) is 26.3 Å². The van der Waals surface area contributed by atoms with E-state index in [-0.39, 0.29) is 34.7 Å². The average molecular weight is 449 g/mol. The maximum absolute atomic E-state index is 13.6. The quantitative estimate of drug-likeness (QED) is 0.244. The molecular weight excluding hydrogens is 436 g/mol. The van der Waals surface area contributed by atoms with E-state index in [2.05, 4.69) is 9.83 Å². The number of halogens is 6. The predicted molar refractivity (Wildman–Crippen MR) is 104 cm³/mol. The van der Waals surface area contributed by atoms with Gasteiger partial charge in [0.25, 0.3) is 0 Å². The Labute approximate surface area is 177 Å². The molecule has 0 N–H and O–H groups in total. The highest BCUT2D eigenvalue weighted by molar-refractivity contribution is 5.90. The number of aromatic nitrogens is 2. The number of rotatable bonds is 3. The minimum atomic E-state index is -4.71. The Morgan fingerprint density at radius 1 is 1.03 bits per heavy atom. The molecule has 0 radical (unpaired) electrons. The number of benzene rings is 2. The first-order chi connectivity index (χ1) is 15.0. The average Bonchev–Trinajstić information content (AvgIpc) is 3.31. The van der Waals surface area contributed by atoms with Gasteiger partial charge in [-0.15, -0.1) is 0 Å².